The number of nitrogens with one attached hydrogen (secondary N) is 1. The highest BCUT2D eigenvalue weighted by molar-refractivity contribution is 8.14. The maximum absolute atomic E-state index is 13.3. The Labute approximate surface area is 182 Å². The molecule has 31 heavy (non-hydrogen) atoms. The van der Waals surface area contributed by atoms with Crippen LogP contribution in [0.15, 0.2) is 75.2 Å². The van der Waals surface area contributed by atoms with Crippen molar-refractivity contribution < 1.29 is 13.2 Å². The second-order valence-electron chi connectivity index (χ2n) is 7.22. The van der Waals surface area contributed by atoms with Crippen LogP contribution < -0.4 is 10.3 Å². The van der Waals surface area contributed by atoms with Gasteiger partial charge in [-0.2, -0.15) is 0 Å². The van der Waals surface area contributed by atoms with Crippen molar-refractivity contribution in [2.24, 2.45) is 7.05 Å². The lowest BCUT2D eigenvalue weighted by atomic mass is 10.1. The van der Waals surface area contributed by atoms with E-state index in [0.717, 1.165) is 16.7 Å². The van der Waals surface area contributed by atoms with Crippen molar-refractivity contribution in [2.45, 2.75) is 16.7 Å². The number of anilines is 1. The van der Waals surface area contributed by atoms with Crippen molar-refractivity contribution in [3.05, 3.63) is 82.3 Å². The van der Waals surface area contributed by atoms with E-state index in [1.165, 1.54) is 10.7 Å². The summed E-state index contributed by atoms with van der Waals surface area (Å²) in [7, 11) is -2.39. The molecule has 2 heterocycles. The predicted molar refractivity (Wildman–Crippen MR) is 121 cm³/mol. The average molecular weight is 452 g/mol. The third-order valence-corrected chi connectivity index (χ3v) is 7.84. The van der Waals surface area contributed by atoms with Gasteiger partial charge in [-0.1, -0.05) is 30.3 Å². The molecule has 3 aromatic carbocycles. The van der Waals surface area contributed by atoms with E-state index in [2.05, 4.69) is 4.72 Å². The van der Waals surface area contributed by atoms with Crippen molar-refractivity contribution in [1.29, 1.82) is 0 Å². The molecule has 0 unspecified atom stereocenters. The first-order valence-corrected chi connectivity index (χ1v) is 11.7. The highest BCUT2D eigenvalue weighted by Crippen LogP contribution is 2.42. The molecule has 0 amide bonds. The van der Waals surface area contributed by atoms with Gasteiger partial charge in [0, 0.05) is 28.3 Å². The van der Waals surface area contributed by atoms with Gasteiger partial charge < -0.3 is 0 Å². The monoisotopic (exact) mass is 451 g/mol. The zero-order chi connectivity index (χ0) is 21.9. The minimum absolute atomic E-state index is 0.0138. The number of rotatable bonds is 4. The molecule has 0 bridgehead atoms. The molecule has 1 N–H and O–H groups in total. The summed E-state index contributed by atoms with van der Waals surface area (Å²) >= 11 is 1.09. The fraction of sp³-hybridized carbons (Fsp3) is 0.0909. The number of aromatic nitrogens is 2. The Bertz CT molecular complexity index is 1550. The smallest absolute Gasteiger partial charge is 0.283 e. The van der Waals surface area contributed by atoms with E-state index in [-0.39, 0.29) is 15.7 Å². The van der Waals surface area contributed by atoms with Crippen LogP contribution in [0.2, 0.25) is 0 Å². The number of para-hydroxylation sites is 1. The van der Waals surface area contributed by atoms with Crippen LogP contribution in [0.4, 0.5) is 5.69 Å². The summed E-state index contributed by atoms with van der Waals surface area (Å²) in [5.74, 6) is 0. The van der Waals surface area contributed by atoms with Crippen molar-refractivity contribution in [3.63, 3.8) is 0 Å². The normalized spacial score (nSPS) is 13.2. The first kappa shape index (κ1) is 19.7. The standard InChI is InChI=1S/C22H17N3O4S2/c1-13-20(21(26)25(24(13)2)14-7-4-3-5-8-14)23-31(28,29)18-12-11-17-19-15(18)9-6-10-16(19)22(27)30-17/h3-12,23H,1-2H3. The first-order chi connectivity index (χ1) is 14.8. The third kappa shape index (κ3) is 2.92. The second kappa shape index (κ2) is 6.86. The lowest BCUT2D eigenvalue weighted by Crippen LogP contribution is -2.23. The number of thioether (sulfide) groups is 1. The number of nitrogens with zero attached hydrogens (tertiary/aromatic N) is 2. The zero-order valence-corrected chi connectivity index (χ0v) is 18.3. The lowest BCUT2D eigenvalue weighted by molar-refractivity contribution is 0.109. The number of carbonyl (C=O) groups excluding carboxylic acids is 1. The molecule has 0 fully saturated rings. The highest BCUT2D eigenvalue weighted by Gasteiger charge is 2.29. The molecule has 7 nitrogen and oxygen atoms in total. The van der Waals surface area contributed by atoms with Gasteiger partial charge in [-0.25, -0.2) is 13.1 Å². The van der Waals surface area contributed by atoms with Crippen LogP contribution in [0.1, 0.15) is 16.1 Å². The molecule has 9 heteroatoms. The molecule has 0 aliphatic carbocycles. The minimum atomic E-state index is -4.09. The molecule has 0 atom stereocenters. The van der Waals surface area contributed by atoms with Gasteiger partial charge in [-0.3, -0.25) is 19.0 Å². The molecule has 1 aliphatic heterocycles. The van der Waals surface area contributed by atoms with Gasteiger partial charge in [0.05, 0.1) is 16.3 Å². The van der Waals surface area contributed by atoms with Gasteiger partial charge in [0.25, 0.3) is 15.6 Å². The maximum Gasteiger partial charge on any atom is 0.296 e. The fourth-order valence-electron chi connectivity index (χ4n) is 3.87. The number of hydrogen-bond acceptors (Lipinski definition) is 5. The Balaban J connectivity index is 1.65. The molecule has 1 aromatic heterocycles. The van der Waals surface area contributed by atoms with E-state index in [1.807, 2.05) is 6.07 Å². The van der Waals surface area contributed by atoms with Crippen LogP contribution in [0.25, 0.3) is 16.5 Å². The molecule has 4 aromatic rings. The second-order valence-corrected chi connectivity index (χ2v) is 9.89. The van der Waals surface area contributed by atoms with Gasteiger partial charge in [0.15, 0.2) is 0 Å². The Morgan fingerprint density at radius 1 is 0.935 bits per heavy atom. The van der Waals surface area contributed by atoms with Crippen molar-refractivity contribution >= 4 is 43.4 Å². The van der Waals surface area contributed by atoms with Crippen molar-refractivity contribution in [3.8, 4) is 5.69 Å². The largest absolute Gasteiger partial charge is 0.296 e. The number of benzene rings is 3. The summed E-state index contributed by atoms with van der Waals surface area (Å²) < 4.78 is 32.2. The Hall–Kier alpha value is -3.30. The van der Waals surface area contributed by atoms with Crippen molar-refractivity contribution in [1.82, 2.24) is 9.36 Å². The van der Waals surface area contributed by atoms with Crippen LogP contribution in [-0.4, -0.2) is 22.9 Å². The number of hydrogen-bond donors (Lipinski definition) is 1. The van der Waals surface area contributed by atoms with Crippen molar-refractivity contribution in [2.75, 3.05) is 4.72 Å². The van der Waals surface area contributed by atoms with Gasteiger partial charge in [0.2, 0.25) is 5.12 Å². The highest BCUT2D eigenvalue weighted by atomic mass is 32.2. The predicted octanol–water partition coefficient (Wildman–Crippen LogP) is 3.68. The molecule has 156 valence electrons. The average Bonchev–Trinajstić information content (AvgIpc) is 3.19. The molecule has 5 rings (SSSR count). The Morgan fingerprint density at radius 3 is 2.42 bits per heavy atom. The molecule has 0 radical (unpaired) electrons. The summed E-state index contributed by atoms with van der Waals surface area (Å²) in [6, 6.07) is 17.1. The quantitative estimate of drug-likeness (QED) is 0.511. The van der Waals surface area contributed by atoms with Gasteiger partial charge in [-0.05, 0) is 49.0 Å². The minimum Gasteiger partial charge on any atom is -0.283 e. The fourth-order valence-corrected chi connectivity index (χ4v) is 6.13. The topological polar surface area (TPSA) is 90.2 Å². The van der Waals surface area contributed by atoms with Crippen LogP contribution in [0.5, 0.6) is 0 Å². The molecule has 0 spiro atoms. The van der Waals surface area contributed by atoms with E-state index in [9.17, 15) is 18.0 Å². The Kier molecular flexibility index (Phi) is 4.35. The summed E-state index contributed by atoms with van der Waals surface area (Å²) in [6.07, 6.45) is 0. The number of sulfonamides is 1. The molecular weight excluding hydrogens is 434 g/mol. The van der Waals surface area contributed by atoms with Crippen LogP contribution in [-0.2, 0) is 17.1 Å². The van der Waals surface area contributed by atoms with E-state index in [4.69, 9.17) is 0 Å². The summed E-state index contributed by atoms with van der Waals surface area (Å²) in [5, 5.41) is 0.984. The van der Waals surface area contributed by atoms with Crippen LogP contribution in [0, 0.1) is 6.92 Å². The molecule has 0 saturated heterocycles. The third-order valence-electron chi connectivity index (χ3n) is 5.47. The van der Waals surface area contributed by atoms with E-state index >= 15 is 0 Å². The lowest BCUT2D eigenvalue weighted by Gasteiger charge is -2.10. The summed E-state index contributed by atoms with van der Waals surface area (Å²) in [6.45, 7) is 1.68. The Morgan fingerprint density at radius 2 is 1.68 bits per heavy atom. The van der Waals surface area contributed by atoms with Gasteiger partial charge in [-0.15, -0.1) is 0 Å². The maximum atomic E-state index is 13.3. The zero-order valence-electron chi connectivity index (χ0n) is 16.6. The van der Waals surface area contributed by atoms with Crippen LogP contribution in [0.3, 0.4) is 0 Å². The van der Waals surface area contributed by atoms with E-state index in [0.29, 0.717) is 27.7 Å². The molecule has 0 saturated carbocycles. The first-order valence-electron chi connectivity index (χ1n) is 9.44. The SMILES string of the molecule is Cc1c(NS(=O)(=O)c2ccc3c4c(cccc24)C(=O)S3)c(=O)n(-c2ccccc2)n1C. The van der Waals surface area contributed by atoms with Gasteiger partial charge in [0.1, 0.15) is 5.69 Å². The molecular formula is C22H17N3O4S2. The summed E-state index contributed by atoms with van der Waals surface area (Å²) in [5.41, 5.74) is 1.13. The van der Waals surface area contributed by atoms with Gasteiger partial charge >= 0.3 is 0 Å². The molecule has 1 aliphatic rings. The summed E-state index contributed by atoms with van der Waals surface area (Å²) in [4.78, 5) is 26.1. The van der Waals surface area contributed by atoms with E-state index in [1.54, 1.807) is 67.2 Å². The number of carbonyl (C=O) groups is 1. The van der Waals surface area contributed by atoms with E-state index < -0.39 is 15.6 Å². The van der Waals surface area contributed by atoms with Crippen LogP contribution >= 0.6 is 11.8 Å².